The molecule has 0 aromatic heterocycles. The van der Waals surface area contributed by atoms with Gasteiger partial charge in [-0.25, -0.2) is 8.42 Å². The highest BCUT2D eigenvalue weighted by Crippen LogP contribution is 2.22. The standard InChI is InChI=1S/C20H23NO3S/c1-2-21(18-12-13-25(23,24)15-18)20(22)19-11-7-6-10-17(19)14-16-8-4-3-5-9-16/h3-11,18H,2,12-15H2,1H3. The largest absolute Gasteiger partial charge is 0.335 e. The van der Waals surface area contributed by atoms with Crippen LogP contribution in [0.15, 0.2) is 54.6 Å². The van der Waals surface area contributed by atoms with Gasteiger partial charge in [-0.1, -0.05) is 48.5 Å². The molecule has 2 aromatic rings. The lowest BCUT2D eigenvalue weighted by atomic mass is 9.98. The van der Waals surface area contributed by atoms with E-state index < -0.39 is 9.84 Å². The van der Waals surface area contributed by atoms with E-state index in [2.05, 4.69) is 0 Å². The molecule has 0 bridgehead atoms. The summed E-state index contributed by atoms with van der Waals surface area (Å²) in [6, 6.07) is 17.4. The van der Waals surface area contributed by atoms with Crippen LogP contribution in [0.1, 0.15) is 34.8 Å². The number of hydrogen-bond acceptors (Lipinski definition) is 3. The van der Waals surface area contributed by atoms with Crippen LogP contribution in [0.3, 0.4) is 0 Å². The highest BCUT2D eigenvalue weighted by atomic mass is 32.2. The van der Waals surface area contributed by atoms with E-state index in [1.165, 1.54) is 0 Å². The molecule has 1 unspecified atom stereocenters. The number of sulfone groups is 1. The summed E-state index contributed by atoms with van der Waals surface area (Å²) in [5.74, 6) is 0.178. The quantitative estimate of drug-likeness (QED) is 0.827. The second kappa shape index (κ2) is 7.40. The summed E-state index contributed by atoms with van der Waals surface area (Å²) < 4.78 is 23.6. The first-order chi connectivity index (χ1) is 12.0. The van der Waals surface area contributed by atoms with Crippen molar-refractivity contribution in [3.8, 4) is 0 Å². The summed E-state index contributed by atoms with van der Waals surface area (Å²) in [6.07, 6.45) is 1.21. The fraction of sp³-hybridized carbons (Fsp3) is 0.350. The normalized spacial score (nSPS) is 18.8. The molecule has 5 heteroatoms. The van der Waals surface area contributed by atoms with Crippen molar-refractivity contribution in [2.45, 2.75) is 25.8 Å². The molecule has 0 saturated carbocycles. The number of nitrogens with zero attached hydrogens (tertiary/aromatic N) is 1. The fourth-order valence-electron chi connectivity index (χ4n) is 3.44. The van der Waals surface area contributed by atoms with Crippen molar-refractivity contribution >= 4 is 15.7 Å². The van der Waals surface area contributed by atoms with E-state index in [0.29, 0.717) is 24.9 Å². The Kier molecular flexibility index (Phi) is 5.23. The zero-order valence-electron chi connectivity index (χ0n) is 14.4. The van der Waals surface area contributed by atoms with Gasteiger partial charge in [0, 0.05) is 18.2 Å². The van der Waals surface area contributed by atoms with Crippen molar-refractivity contribution in [3.05, 3.63) is 71.3 Å². The number of carbonyl (C=O) groups excluding carboxylic acids is 1. The molecule has 0 spiro atoms. The van der Waals surface area contributed by atoms with E-state index >= 15 is 0 Å². The summed E-state index contributed by atoms with van der Waals surface area (Å²) in [7, 11) is -3.02. The van der Waals surface area contributed by atoms with Gasteiger partial charge < -0.3 is 4.90 Å². The molecule has 132 valence electrons. The number of rotatable bonds is 5. The van der Waals surface area contributed by atoms with E-state index in [0.717, 1.165) is 11.1 Å². The minimum Gasteiger partial charge on any atom is -0.335 e. The maximum absolute atomic E-state index is 13.1. The first kappa shape index (κ1) is 17.7. The highest BCUT2D eigenvalue weighted by molar-refractivity contribution is 7.91. The Hall–Kier alpha value is -2.14. The lowest BCUT2D eigenvalue weighted by Crippen LogP contribution is -2.41. The Morgan fingerprint density at radius 3 is 2.40 bits per heavy atom. The first-order valence-corrected chi connectivity index (χ1v) is 10.5. The van der Waals surface area contributed by atoms with Gasteiger partial charge >= 0.3 is 0 Å². The van der Waals surface area contributed by atoms with Crippen LogP contribution in [0, 0.1) is 0 Å². The van der Waals surface area contributed by atoms with Crippen LogP contribution in [0.5, 0.6) is 0 Å². The topological polar surface area (TPSA) is 54.5 Å². The lowest BCUT2D eigenvalue weighted by molar-refractivity contribution is 0.0707. The second-order valence-electron chi connectivity index (χ2n) is 6.47. The Balaban J connectivity index is 1.86. The molecule has 4 nitrogen and oxygen atoms in total. The molecule has 1 aliphatic heterocycles. The lowest BCUT2D eigenvalue weighted by Gasteiger charge is -2.27. The molecule has 2 aromatic carbocycles. The van der Waals surface area contributed by atoms with Gasteiger partial charge in [-0.2, -0.15) is 0 Å². The molecule has 1 atom stereocenters. The van der Waals surface area contributed by atoms with Crippen molar-refractivity contribution in [1.29, 1.82) is 0 Å². The van der Waals surface area contributed by atoms with E-state index in [-0.39, 0.29) is 23.5 Å². The van der Waals surface area contributed by atoms with E-state index in [1.807, 2.05) is 61.5 Å². The van der Waals surface area contributed by atoms with Gasteiger partial charge in [0.1, 0.15) is 0 Å². The monoisotopic (exact) mass is 357 g/mol. The van der Waals surface area contributed by atoms with Gasteiger partial charge in [-0.15, -0.1) is 0 Å². The third-order valence-corrected chi connectivity index (χ3v) is 6.49. The number of hydrogen-bond donors (Lipinski definition) is 0. The Labute approximate surface area is 149 Å². The van der Waals surface area contributed by atoms with Crippen molar-refractivity contribution in [2.24, 2.45) is 0 Å². The van der Waals surface area contributed by atoms with Gasteiger partial charge in [0.05, 0.1) is 11.5 Å². The van der Waals surface area contributed by atoms with Crippen LogP contribution in [0.4, 0.5) is 0 Å². The minimum atomic E-state index is -3.02. The van der Waals surface area contributed by atoms with Crippen LogP contribution < -0.4 is 0 Å². The molecule has 0 aliphatic carbocycles. The summed E-state index contributed by atoms with van der Waals surface area (Å²) in [5, 5.41) is 0. The van der Waals surface area contributed by atoms with Gasteiger partial charge in [0.15, 0.2) is 9.84 Å². The first-order valence-electron chi connectivity index (χ1n) is 8.63. The average molecular weight is 357 g/mol. The molecule has 1 amide bonds. The van der Waals surface area contributed by atoms with Gasteiger partial charge in [-0.3, -0.25) is 4.79 Å². The number of carbonyl (C=O) groups is 1. The van der Waals surface area contributed by atoms with E-state index in [1.54, 1.807) is 4.90 Å². The highest BCUT2D eigenvalue weighted by Gasteiger charge is 2.34. The van der Waals surface area contributed by atoms with Crippen molar-refractivity contribution < 1.29 is 13.2 Å². The summed E-state index contributed by atoms with van der Waals surface area (Å²) >= 11 is 0. The summed E-state index contributed by atoms with van der Waals surface area (Å²) in [6.45, 7) is 2.42. The number of amides is 1. The Morgan fingerprint density at radius 2 is 1.76 bits per heavy atom. The van der Waals surface area contributed by atoms with Crippen molar-refractivity contribution in [1.82, 2.24) is 4.90 Å². The maximum atomic E-state index is 13.1. The molecule has 1 fully saturated rings. The zero-order chi connectivity index (χ0) is 17.9. The van der Waals surface area contributed by atoms with E-state index in [9.17, 15) is 13.2 Å². The molecule has 1 aliphatic rings. The summed E-state index contributed by atoms with van der Waals surface area (Å²) in [5.41, 5.74) is 2.78. The van der Waals surface area contributed by atoms with Crippen LogP contribution in [-0.2, 0) is 16.3 Å². The Bertz CT molecular complexity index is 846. The van der Waals surface area contributed by atoms with Crippen LogP contribution in [0.25, 0.3) is 0 Å². The summed E-state index contributed by atoms with van der Waals surface area (Å²) in [4.78, 5) is 14.8. The zero-order valence-corrected chi connectivity index (χ0v) is 15.2. The molecule has 1 saturated heterocycles. The molecule has 3 rings (SSSR count). The molecule has 1 heterocycles. The number of benzene rings is 2. The van der Waals surface area contributed by atoms with Crippen LogP contribution >= 0.6 is 0 Å². The Morgan fingerprint density at radius 1 is 1.08 bits per heavy atom. The predicted octanol–water partition coefficient (Wildman–Crippen LogP) is 2.93. The molecule has 0 N–H and O–H groups in total. The molecular weight excluding hydrogens is 334 g/mol. The second-order valence-corrected chi connectivity index (χ2v) is 8.70. The van der Waals surface area contributed by atoms with Crippen LogP contribution in [-0.4, -0.2) is 43.3 Å². The third-order valence-electron chi connectivity index (χ3n) is 4.74. The third kappa shape index (κ3) is 4.10. The molecule has 0 radical (unpaired) electrons. The SMILES string of the molecule is CCN(C(=O)c1ccccc1Cc1ccccc1)C1CCS(=O)(=O)C1. The fourth-order valence-corrected chi connectivity index (χ4v) is 5.17. The van der Waals surface area contributed by atoms with Gasteiger partial charge in [-0.05, 0) is 37.0 Å². The minimum absolute atomic E-state index is 0.0730. The molecule has 25 heavy (non-hydrogen) atoms. The van der Waals surface area contributed by atoms with Gasteiger partial charge in [0.2, 0.25) is 0 Å². The average Bonchev–Trinajstić information content (AvgIpc) is 2.96. The van der Waals surface area contributed by atoms with Gasteiger partial charge in [0.25, 0.3) is 5.91 Å². The van der Waals surface area contributed by atoms with Crippen LogP contribution in [0.2, 0.25) is 0 Å². The van der Waals surface area contributed by atoms with Crippen molar-refractivity contribution in [2.75, 3.05) is 18.1 Å². The molecular formula is C20H23NO3S. The van der Waals surface area contributed by atoms with E-state index in [4.69, 9.17) is 0 Å². The smallest absolute Gasteiger partial charge is 0.254 e. The maximum Gasteiger partial charge on any atom is 0.254 e. The van der Waals surface area contributed by atoms with Crippen molar-refractivity contribution in [3.63, 3.8) is 0 Å². The predicted molar refractivity (Wildman–Crippen MR) is 99.5 cm³/mol.